The molecule has 0 aliphatic rings. The standard InChI is InChI=1S/C14H19NO6/c1-10(19-8-7-15)21-12(13(16)17)14(18)20-9-11-5-3-2-4-6-11/h2-6,10,12H,7-9,15H2,1H3,(H,16,17). The second kappa shape index (κ2) is 9.06. The second-order valence-corrected chi connectivity index (χ2v) is 4.17. The SMILES string of the molecule is CC(OCCN)OC(C(=O)O)C(=O)OCc1ccccc1. The molecule has 21 heavy (non-hydrogen) atoms. The third kappa shape index (κ3) is 6.35. The summed E-state index contributed by atoms with van der Waals surface area (Å²) in [7, 11) is 0. The van der Waals surface area contributed by atoms with Crippen LogP contribution >= 0.6 is 0 Å². The van der Waals surface area contributed by atoms with Gasteiger partial charge in [0.25, 0.3) is 6.10 Å². The first-order valence-electron chi connectivity index (χ1n) is 6.45. The highest BCUT2D eigenvalue weighted by molar-refractivity contribution is 5.97. The number of carbonyl (C=O) groups excluding carboxylic acids is 1. The molecule has 0 radical (unpaired) electrons. The van der Waals surface area contributed by atoms with Crippen LogP contribution in [0.1, 0.15) is 12.5 Å². The van der Waals surface area contributed by atoms with Crippen LogP contribution in [0.5, 0.6) is 0 Å². The summed E-state index contributed by atoms with van der Waals surface area (Å²) in [6.07, 6.45) is -2.61. The Morgan fingerprint density at radius 1 is 1.29 bits per heavy atom. The van der Waals surface area contributed by atoms with Gasteiger partial charge in [-0.25, -0.2) is 9.59 Å². The number of benzene rings is 1. The lowest BCUT2D eigenvalue weighted by molar-refractivity contribution is -0.198. The van der Waals surface area contributed by atoms with Crippen molar-refractivity contribution in [3.63, 3.8) is 0 Å². The van der Waals surface area contributed by atoms with E-state index < -0.39 is 24.3 Å². The molecule has 2 unspecified atom stereocenters. The molecule has 7 heteroatoms. The minimum Gasteiger partial charge on any atom is -0.479 e. The van der Waals surface area contributed by atoms with Crippen molar-refractivity contribution >= 4 is 11.9 Å². The molecule has 3 N–H and O–H groups in total. The van der Waals surface area contributed by atoms with Crippen LogP contribution in [-0.2, 0) is 30.4 Å². The third-order valence-corrected chi connectivity index (χ3v) is 2.46. The van der Waals surface area contributed by atoms with Gasteiger partial charge < -0.3 is 25.1 Å². The summed E-state index contributed by atoms with van der Waals surface area (Å²) in [5.41, 5.74) is 6.00. The maximum atomic E-state index is 11.8. The average Bonchev–Trinajstić information content (AvgIpc) is 2.49. The normalized spacial score (nSPS) is 13.4. The van der Waals surface area contributed by atoms with Crippen molar-refractivity contribution in [3.8, 4) is 0 Å². The molecule has 0 spiro atoms. The topological polar surface area (TPSA) is 108 Å². The molecule has 0 aromatic heterocycles. The minimum absolute atomic E-state index is 0.0230. The monoisotopic (exact) mass is 297 g/mol. The van der Waals surface area contributed by atoms with Gasteiger partial charge in [0, 0.05) is 6.54 Å². The minimum atomic E-state index is -1.73. The quantitative estimate of drug-likeness (QED) is 0.388. The number of nitrogens with two attached hydrogens (primary N) is 1. The van der Waals surface area contributed by atoms with Gasteiger partial charge in [-0.15, -0.1) is 0 Å². The number of ether oxygens (including phenoxy) is 3. The van der Waals surface area contributed by atoms with E-state index in [0.717, 1.165) is 5.56 Å². The maximum Gasteiger partial charge on any atom is 0.347 e. The Morgan fingerprint density at radius 2 is 1.95 bits per heavy atom. The summed E-state index contributed by atoms with van der Waals surface area (Å²) in [5, 5.41) is 9.01. The molecule has 1 aromatic rings. The zero-order valence-corrected chi connectivity index (χ0v) is 11.7. The summed E-state index contributed by atoms with van der Waals surface area (Å²) in [6, 6.07) is 8.92. The fraction of sp³-hybridized carbons (Fsp3) is 0.429. The van der Waals surface area contributed by atoms with Gasteiger partial charge in [-0.2, -0.15) is 0 Å². The van der Waals surface area contributed by atoms with Crippen LogP contribution in [-0.4, -0.2) is 42.6 Å². The van der Waals surface area contributed by atoms with Crippen molar-refractivity contribution in [1.82, 2.24) is 0 Å². The van der Waals surface area contributed by atoms with Crippen LogP contribution < -0.4 is 5.73 Å². The molecule has 0 heterocycles. The van der Waals surface area contributed by atoms with Gasteiger partial charge in [-0.3, -0.25) is 0 Å². The van der Waals surface area contributed by atoms with E-state index in [4.69, 9.17) is 25.1 Å². The average molecular weight is 297 g/mol. The van der Waals surface area contributed by atoms with E-state index in [1.165, 1.54) is 6.92 Å². The van der Waals surface area contributed by atoms with Crippen molar-refractivity contribution in [2.45, 2.75) is 25.9 Å². The zero-order chi connectivity index (χ0) is 15.7. The molecule has 0 aliphatic heterocycles. The van der Waals surface area contributed by atoms with Crippen LogP contribution in [0.2, 0.25) is 0 Å². The summed E-state index contributed by atoms with van der Waals surface area (Å²) in [4.78, 5) is 22.8. The van der Waals surface area contributed by atoms with E-state index in [9.17, 15) is 9.59 Å². The van der Waals surface area contributed by atoms with Crippen molar-refractivity contribution < 1.29 is 28.9 Å². The second-order valence-electron chi connectivity index (χ2n) is 4.17. The van der Waals surface area contributed by atoms with Gasteiger partial charge in [0.1, 0.15) is 6.61 Å². The highest BCUT2D eigenvalue weighted by atomic mass is 16.7. The molecule has 1 aromatic carbocycles. The van der Waals surface area contributed by atoms with Crippen LogP contribution in [0.25, 0.3) is 0 Å². The lowest BCUT2D eigenvalue weighted by Gasteiger charge is -2.18. The van der Waals surface area contributed by atoms with Gasteiger partial charge in [0.2, 0.25) is 0 Å². The molecule has 0 saturated heterocycles. The van der Waals surface area contributed by atoms with Crippen LogP contribution in [0, 0.1) is 0 Å². The summed E-state index contributed by atoms with van der Waals surface area (Å²) in [5.74, 6) is -2.41. The Hall–Kier alpha value is -1.96. The van der Waals surface area contributed by atoms with Crippen LogP contribution in [0.3, 0.4) is 0 Å². The van der Waals surface area contributed by atoms with Gasteiger partial charge >= 0.3 is 11.9 Å². The zero-order valence-electron chi connectivity index (χ0n) is 11.7. The van der Waals surface area contributed by atoms with Crippen LogP contribution in [0.15, 0.2) is 30.3 Å². The molecule has 0 aliphatic carbocycles. The predicted molar refractivity (Wildman–Crippen MR) is 73.2 cm³/mol. The lowest BCUT2D eigenvalue weighted by atomic mass is 10.2. The predicted octanol–water partition coefficient (Wildman–Crippen LogP) is 0.521. The van der Waals surface area contributed by atoms with Gasteiger partial charge in [-0.05, 0) is 12.5 Å². The fourth-order valence-electron chi connectivity index (χ4n) is 1.48. The van der Waals surface area contributed by atoms with Crippen molar-refractivity contribution in [3.05, 3.63) is 35.9 Å². The number of carboxylic acids is 1. The molecule has 1 rings (SSSR count). The highest BCUT2D eigenvalue weighted by Crippen LogP contribution is 2.06. The molecule has 0 fully saturated rings. The Balaban J connectivity index is 2.51. The fourth-order valence-corrected chi connectivity index (χ4v) is 1.48. The van der Waals surface area contributed by atoms with Gasteiger partial charge in [0.15, 0.2) is 6.29 Å². The van der Waals surface area contributed by atoms with E-state index in [0.29, 0.717) is 0 Å². The van der Waals surface area contributed by atoms with Gasteiger partial charge in [0.05, 0.1) is 6.61 Å². The van der Waals surface area contributed by atoms with Gasteiger partial charge in [-0.1, -0.05) is 30.3 Å². The molecule has 116 valence electrons. The maximum absolute atomic E-state index is 11.8. The molecule has 7 nitrogen and oxygen atoms in total. The Kier molecular flexibility index (Phi) is 7.38. The number of aliphatic carboxylic acids is 1. The largest absolute Gasteiger partial charge is 0.479 e. The first kappa shape index (κ1) is 17.1. The highest BCUT2D eigenvalue weighted by Gasteiger charge is 2.31. The first-order chi connectivity index (χ1) is 10.0. The molecule has 0 bridgehead atoms. The van der Waals surface area contributed by atoms with E-state index in [2.05, 4.69) is 0 Å². The molecular weight excluding hydrogens is 278 g/mol. The van der Waals surface area contributed by atoms with E-state index >= 15 is 0 Å². The molecule has 0 amide bonds. The van der Waals surface area contributed by atoms with Crippen molar-refractivity contribution in [1.29, 1.82) is 0 Å². The number of carbonyl (C=O) groups is 2. The summed E-state index contributed by atoms with van der Waals surface area (Å²) in [6.45, 7) is 1.93. The Bertz CT molecular complexity index is 450. The number of hydrogen-bond acceptors (Lipinski definition) is 6. The summed E-state index contributed by atoms with van der Waals surface area (Å²) < 4.78 is 15.0. The first-order valence-corrected chi connectivity index (χ1v) is 6.45. The smallest absolute Gasteiger partial charge is 0.347 e. The van der Waals surface area contributed by atoms with Crippen LogP contribution in [0.4, 0.5) is 0 Å². The number of esters is 1. The third-order valence-electron chi connectivity index (χ3n) is 2.46. The van der Waals surface area contributed by atoms with E-state index in [1.54, 1.807) is 24.3 Å². The Morgan fingerprint density at radius 3 is 2.52 bits per heavy atom. The molecular formula is C14H19NO6. The van der Waals surface area contributed by atoms with E-state index in [-0.39, 0.29) is 19.8 Å². The Labute approximate surface area is 122 Å². The lowest BCUT2D eigenvalue weighted by Crippen LogP contribution is -2.38. The summed E-state index contributed by atoms with van der Waals surface area (Å²) >= 11 is 0. The van der Waals surface area contributed by atoms with E-state index in [1.807, 2.05) is 6.07 Å². The number of rotatable bonds is 9. The number of carboxylic acid groups (broad SMARTS) is 1. The molecule has 0 saturated carbocycles. The van der Waals surface area contributed by atoms with Crippen molar-refractivity contribution in [2.24, 2.45) is 5.73 Å². The van der Waals surface area contributed by atoms with Crippen molar-refractivity contribution in [2.75, 3.05) is 13.2 Å². The molecule has 2 atom stereocenters. The number of hydrogen-bond donors (Lipinski definition) is 2.